The quantitative estimate of drug-likeness (QED) is 0.130. The zero-order valence-electron chi connectivity index (χ0n) is 31.6. The summed E-state index contributed by atoms with van der Waals surface area (Å²) in [5.74, 6) is -1.49. The molecule has 6 radical (unpaired) electrons. The molecule has 0 N–H and O–H groups in total. The topological polar surface area (TPSA) is 48.0 Å². The van der Waals surface area contributed by atoms with E-state index in [0.29, 0.717) is 41.6 Å². The molecule has 5 aliphatic rings. The van der Waals surface area contributed by atoms with Gasteiger partial charge in [-0.25, -0.2) is 13.6 Å². The predicted octanol–water partition coefficient (Wildman–Crippen LogP) is 9.72. The number of ether oxygens (including phenoxy) is 3. The number of thiol groups is 1. The van der Waals surface area contributed by atoms with E-state index in [0.717, 1.165) is 90.5 Å². The number of carbonyl (C=O) groups excluding carboxylic acids is 1. The third-order valence-electron chi connectivity index (χ3n) is 12.7. The van der Waals surface area contributed by atoms with E-state index in [1.807, 2.05) is 30.9 Å². The lowest BCUT2D eigenvalue weighted by molar-refractivity contribution is -0.354. The predicted molar refractivity (Wildman–Crippen MR) is 204 cm³/mol. The molecule has 0 bridgehead atoms. The van der Waals surface area contributed by atoms with Gasteiger partial charge in [0, 0.05) is 26.3 Å². The van der Waals surface area contributed by atoms with Gasteiger partial charge in [-0.15, -0.1) is 19.8 Å². The molecule has 2 saturated carbocycles. The fourth-order valence-electron chi connectivity index (χ4n) is 9.10. The van der Waals surface area contributed by atoms with E-state index < -0.39 is 28.9 Å². The van der Waals surface area contributed by atoms with Gasteiger partial charge < -0.3 is 14.4 Å². The van der Waals surface area contributed by atoms with Gasteiger partial charge in [-0.3, -0.25) is 4.74 Å². The molecule has 2 aliphatic heterocycles. The first kappa shape index (κ1) is 44.1. The molecule has 1 aromatic rings. The maximum absolute atomic E-state index is 13.0. The van der Waals surface area contributed by atoms with Gasteiger partial charge in [0.1, 0.15) is 5.75 Å². The minimum Gasteiger partial charge on any atom is -0.410 e. The summed E-state index contributed by atoms with van der Waals surface area (Å²) in [5.41, 5.74) is 3.67. The van der Waals surface area contributed by atoms with Gasteiger partial charge in [-0.1, -0.05) is 31.9 Å². The number of nitrogens with zero attached hydrogens (tertiary/aromatic N) is 1. The van der Waals surface area contributed by atoms with Gasteiger partial charge in [-0.2, -0.15) is 12.6 Å². The van der Waals surface area contributed by atoms with Crippen LogP contribution < -0.4 is 4.74 Å². The van der Waals surface area contributed by atoms with Gasteiger partial charge in [0.15, 0.2) is 13.7 Å². The van der Waals surface area contributed by atoms with Crippen LogP contribution in [-0.2, 0) is 15.9 Å². The SMILES string of the molecule is C=C(C)CC.CC12CCC3c4ccc(OC(=O)N5CCC6(CCOCC6)CC5)cc4CCC3C1CCC2OC(F)(F)F.[B]C(F)(F)C([B])([B])CCCS. The van der Waals surface area contributed by atoms with E-state index >= 15 is 0 Å². The number of amides is 1. The highest BCUT2D eigenvalue weighted by Crippen LogP contribution is 2.62. The molecule has 3 aliphatic carbocycles. The lowest BCUT2D eigenvalue weighted by Gasteiger charge is -2.50. The first-order chi connectivity index (χ1) is 24.7. The summed E-state index contributed by atoms with van der Waals surface area (Å²) in [6.07, 6.45) is 4.82. The van der Waals surface area contributed by atoms with Crippen molar-refractivity contribution in [2.45, 2.75) is 134 Å². The van der Waals surface area contributed by atoms with Crippen LogP contribution in [0.5, 0.6) is 5.75 Å². The van der Waals surface area contributed by atoms with Crippen molar-refractivity contribution in [3.8, 4) is 5.75 Å². The number of rotatable bonds is 7. The van der Waals surface area contributed by atoms with Crippen LogP contribution >= 0.6 is 12.6 Å². The normalized spacial score (nSPS) is 27.9. The molecule has 2 saturated heterocycles. The van der Waals surface area contributed by atoms with Crippen molar-refractivity contribution >= 4 is 42.3 Å². The second-order valence-corrected chi connectivity index (χ2v) is 16.7. The standard InChI is InChI=1S/C29H38F3NO4.C5H7B3F2S.C5H10/c1-27-9-8-22-21-5-3-20(36-26(34)33-14-10-28(11-15-33)12-16-35-17-13-28)18-19(21)2-4-23(22)24(27)6-7-25(27)37-29(30,31)32;6-4(7,2-1-3-11)5(8,9)10;1-4-5(2)3/h3,5,18,22-25H,2,4,6-17H2,1H3;11H,1-3H2;2,4H2,1,3H3. The minimum absolute atomic E-state index is 0.0417. The number of carbonyl (C=O) groups is 1. The van der Waals surface area contributed by atoms with Gasteiger partial charge >= 0.3 is 12.5 Å². The molecule has 5 atom stereocenters. The van der Waals surface area contributed by atoms with E-state index in [2.05, 4.69) is 44.8 Å². The maximum Gasteiger partial charge on any atom is 0.522 e. The molecule has 5 nitrogen and oxygen atoms in total. The van der Waals surface area contributed by atoms with Crippen molar-refractivity contribution in [3.63, 3.8) is 0 Å². The Morgan fingerprint density at radius 3 is 2.23 bits per heavy atom. The average molecular weight is 761 g/mol. The first-order valence-electron chi connectivity index (χ1n) is 19.2. The average Bonchev–Trinajstić information content (AvgIpc) is 3.42. The summed E-state index contributed by atoms with van der Waals surface area (Å²) < 4.78 is 79.7. The Hall–Kier alpha value is -1.66. The summed E-state index contributed by atoms with van der Waals surface area (Å²) in [4.78, 5) is 14.7. The van der Waals surface area contributed by atoms with E-state index in [1.165, 1.54) is 16.7 Å². The lowest BCUT2D eigenvalue weighted by atomic mass is 9.45. The fourth-order valence-corrected chi connectivity index (χ4v) is 9.26. The smallest absolute Gasteiger partial charge is 0.410 e. The van der Waals surface area contributed by atoms with Crippen molar-refractivity contribution in [2.24, 2.45) is 22.7 Å². The van der Waals surface area contributed by atoms with Crippen LogP contribution in [0.3, 0.4) is 0 Å². The second-order valence-electron chi connectivity index (χ2n) is 16.2. The second kappa shape index (κ2) is 18.1. The highest BCUT2D eigenvalue weighted by molar-refractivity contribution is 7.80. The van der Waals surface area contributed by atoms with E-state index in [-0.39, 0.29) is 18.4 Å². The van der Waals surface area contributed by atoms with Gasteiger partial charge in [0.2, 0.25) is 0 Å². The van der Waals surface area contributed by atoms with Gasteiger partial charge in [0.25, 0.3) is 0 Å². The van der Waals surface area contributed by atoms with Crippen molar-refractivity contribution in [3.05, 3.63) is 41.5 Å². The molecular formula is C39H55B3F5NO4S. The molecule has 1 amide bonds. The van der Waals surface area contributed by atoms with Crippen molar-refractivity contribution < 1.29 is 41.0 Å². The number of likely N-dealkylation sites (tertiary alicyclic amines) is 1. The van der Waals surface area contributed by atoms with E-state index in [4.69, 9.17) is 25.2 Å². The highest BCUT2D eigenvalue weighted by atomic mass is 32.1. The summed E-state index contributed by atoms with van der Waals surface area (Å²) in [7, 11) is 14.5. The summed E-state index contributed by atoms with van der Waals surface area (Å²) in [6, 6.07) is 6.02. The molecule has 0 aromatic heterocycles. The monoisotopic (exact) mass is 761 g/mol. The van der Waals surface area contributed by atoms with Crippen LogP contribution in [0.25, 0.3) is 0 Å². The van der Waals surface area contributed by atoms with Crippen LogP contribution in [0.4, 0.5) is 26.7 Å². The zero-order valence-corrected chi connectivity index (χ0v) is 32.5. The van der Waals surface area contributed by atoms with Crippen LogP contribution in [0.15, 0.2) is 30.4 Å². The highest BCUT2D eigenvalue weighted by Gasteiger charge is 2.57. The molecular weight excluding hydrogens is 706 g/mol. The summed E-state index contributed by atoms with van der Waals surface area (Å²) in [6.45, 7) is 12.9. The van der Waals surface area contributed by atoms with E-state index in [9.17, 15) is 26.7 Å². The van der Waals surface area contributed by atoms with Crippen molar-refractivity contribution in [1.82, 2.24) is 4.90 Å². The Balaban J connectivity index is 0.000000330. The van der Waals surface area contributed by atoms with Crippen LogP contribution in [0, 0.1) is 22.7 Å². The van der Waals surface area contributed by atoms with Gasteiger partial charge in [0.05, 0.1) is 21.8 Å². The largest absolute Gasteiger partial charge is 0.522 e. The summed E-state index contributed by atoms with van der Waals surface area (Å²) >= 11 is 3.83. The number of alkyl halides is 5. The van der Waals surface area contributed by atoms with Crippen LogP contribution in [0.2, 0.25) is 5.21 Å². The number of aryl methyl sites for hydroxylation is 1. The lowest BCUT2D eigenvalue weighted by Crippen LogP contribution is -2.46. The minimum atomic E-state index is -4.58. The molecule has 14 heteroatoms. The Morgan fingerprint density at radius 2 is 1.66 bits per heavy atom. The summed E-state index contributed by atoms with van der Waals surface area (Å²) in [5, 5.41) is -2.12. The van der Waals surface area contributed by atoms with Crippen molar-refractivity contribution in [1.29, 1.82) is 0 Å². The number of halogens is 5. The molecule has 290 valence electrons. The molecule has 4 fully saturated rings. The fraction of sp³-hybridized carbons (Fsp3) is 0.769. The Kier molecular flexibility index (Phi) is 15.0. The molecule has 5 unspecified atom stereocenters. The number of hydrogen-bond acceptors (Lipinski definition) is 5. The number of benzene rings is 1. The third-order valence-corrected chi connectivity index (χ3v) is 13.0. The van der Waals surface area contributed by atoms with E-state index in [1.54, 1.807) is 0 Å². The van der Waals surface area contributed by atoms with Gasteiger partial charge in [-0.05, 0) is 147 Å². The Labute approximate surface area is 322 Å². The maximum atomic E-state index is 13.0. The van der Waals surface area contributed by atoms with Crippen molar-refractivity contribution in [2.75, 3.05) is 32.1 Å². The molecule has 6 rings (SSSR count). The van der Waals surface area contributed by atoms with Crippen LogP contribution in [0.1, 0.15) is 115 Å². The number of fused-ring (bicyclic) bond motifs is 5. The molecule has 53 heavy (non-hydrogen) atoms. The Morgan fingerprint density at radius 1 is 1.02 bits per heavy atom. The third kappa shape index (κ3) is 11.2. The molecule has 1 aromatic carbocycles. The number of allylic oxidation sites excluding steroid dienone is 1. The number of hydrogen-bond donors (Lipinski definition) is 1. The zero-order chi connectivity index (χ0) is 39.2. The number of piperidine rings is 1. The van der Waals surface area contributed by atoms with Crippen LogP contribution in [-0.4, -0.2) is 84.9 Å². The molecule has 1 spiro atoms. The first-order valence-corrected chi connectivity index (χ1v) is 19.8. The molecule has 2 heterocycles. The Bertz CT molecular complexity index is 1380.